The standard InChI is InChI=1S/C16H21BrN2/c1-9-5-11(8-18-16(9)17)19-15-7-10-6-14(15)13-4-2-3-12(10)13/h5,8,10,12-15,19H,2-4,6-7H2,1H3. The SMILES string of the molecule is Cc1cc(NC2CC3CC2C2CCCC32)cnc1Br. The number of rotatable bonds is 2. The Morgan fingerprint density at radius 3 is 2.89 bits per heavy atom. The topological polar surface area (TPSA) is 24.9 Å². The lowest BCUT2D eigenvalue weighted by molar-refractivity contribution is 0.243. The average molecular weight is 321 g/mol. The molecule has 0 aliphatic heterocycles. The van der Waals surface area contributed by atoms with Crippen LogP contribution >= 0.6 is 15.9 Å². The number of aromatic nitrogens is 1. The second-order valence-electron chi connectivity index (χ2n) is 6.74. The number of anilines is 1. The molecule has 0 amide bonds. The van der Waals surface area contributed by atoms with Crippen molar-refractivity contribution in [2.45, 2.75) is 45.1 Å². The summed E-state index contributed by atoms with van der Waals surface area (Å²) in [6.07, 6.45) is 9.32. The molecule has 102 valence electrons. The van der Waals surface area contributed by atoms with Crippen LogP contribution in [0, 0.1) is 30.6 Å². The zero-order valence-corrected chi connectivity index (χ0v) is 13.0. The summed E-state index contributed by atoms with van der Waals surface area (Å²) in [7, 11) is 0. The van der Waals surface area contributed by atoms with Crippen molar-refractivity contribution in [2.24, 2.45) is 23.7 Å². The summed E-state index contributed by atoms with van der Waals surface area (Å²) in [5, 5.41) is 3.77. The Balaban J connectivity index is 1.51. The van der Waals surface area contributed by atoms with Crippen LogP contribution in [0.15, 0.2) is 16.9 Å². The molecule has 4 rings (SSSR count). The van der Waals surface area contributed by atoms with E-state index in [2.05, 4.69) is 39.2 Å². The molecule has 2 nitrogen and oxygen atoms in total. The summed E-state index contributed by atoms with van der Waals surface area (Å²) in [5.41, 5.74) is 2.42. The number of pyridine rings is 1. The molecule has 2 bridgehead atoms. The maximum Gasteiger partial charge on any atom is 0.109 e. The molecule has 3 fully saturated rings. The van der Waals surface area contributed by atoms with Gasteiger partial charge >= 0.3 is 0 Å². The third kappa shape index (κ3) is 1.93. The maximum atomic E-state index is 4.40. The largest absolute Gasteiger partial charge is 0.381 e. The third-order valence-corrected chi connectivity index (χ3v) is 6.63. The van der Waals surface area contributed by atoms with Crippen LogP contribution in [0.5, 0.6) is 0 Å². The van der Waals surface area contributed by atoms with Gasteiger partial charge in [0.2, 0.25) is 0 Å². The molecule has 3 heteroatoms. The van der Waals surface area contributed by atoms with E-state index in [4.69, 9.17) is 0 Å². The highest BCUT2D eigenvalue weighted by atomic mass is 79.9. The van der Waals surface area contributed by atoms with E-state index in [9.17, 15) is 0 Å². The molecule has 3 aliphatic carbocycles. The first kappa shape index (κ1) is 12.2. The fourth-order valence-electron chi connectivity index (χ4n) is 5.09. The molecule has 0 saturated heterocycles. The van der Waals surface area contributed by atoms with Crippen LogP contribution in [0.25, 0.3) is 0 Å². The predicted molar refractivity (Wildman–Crippen MR) is 81.1 cm³/mol. The van der Waals surface area contributed by atoms with Gasteiger partial charge in [0.25, 0.3) is 0 Å². The average Bonchev–Trinajstić information content (AvgIpc) is 3.05. The van der Waals surface area contributed by atoms with Crippen molar-refractivity contribution in [3.8, 4) is 0 Å². The highest BCUT2D eigenvalue weighted by Crippen LogP contribution is 2.59. The van der Waals surface area contributed by atoms with Crippen LogP contribution in [-0.4, -0.2) is 11.0 Å². The number of halogens is 1. The van der Waals surface area contributed by atoms with E-state index >= 15 is 0 Å². The Kier molecular flexibility index (Phi) is 2.87. The molecule has 3 saturated carbocycles. The summed E-state index contributed by atoms with van der Waals surface area (Å²) in [6, 6.07) is 2.92. The summed E-state index contributed by atoms with van der Waals surface area (Å²) in [6.45, 7) is 2.11. The zero-order valence-electron chi connectivity index (χ0n) is 11.4. The van der Waals surface area contributed by atoms with Gasteiger partial charge in [-0.3, -0.25) is 0 Å². The van der Waals surface area contributed by atoms with Gasteiger partial charge in [-0.2, -0.15) is 0 Å². The molecule has 1 aromatic rings. The van der Waals surface area contributed by atoms with Gasteiger partial charge in [-0.15, -0.1) is 0 Å². The minimum atomic E-state index is 0.701. The van der Waals surface area contributed by atoms with E-state index in [0.29, 0.717) is 6.04 Å². The van der Waals surface area contributed by atoms with Gasteiger partial charge in [0.05, 0.1) is 11.9 Å². The summed E-state index contributed by atoms with van der Waals surface area (Å²) < 4.78 is 0.960. The van der Waals surface area contributed by atoms with E-state index in [1.807, 2.05) is 6.20 Å². The molecule has 5 atom stereocenters. The van der Waals surface area contributed by atoms with Crippen molar-refractivity contribution in [3.05, 3.63) is 22.4 Å². The van der Waals surface area contributed by atoms with Crippen molar-refractivity contribution in [2.75, 3.05) is 5.32 Å². The number of nitrogens with zero attached hydrogens (tertiary/aromatic N) is 1. The van der Waals surface area contributed by atoms with Crippen LogP contribution in [-0.2, 0) is 0 Å². The van der Waals surface area contributed by atoms with Gasteiger partial charge in [-0.25, -0.2) is 4.98 Å². The molecule has 1 aromatic heterocycles. The van der Waals surface area contributed by atoms with Crippen LogP contribution < -0.4 is 5.32 Å². The fraction of sp³-hybridized carbons (Fsp3) is 0.688. The van der Waals surface area contributed by atoms with Crippen LogP contribution in [0.3, 0.4) is 0 Å². The molecule has 5 unspecified atom stereocenters. The van der Waals surface area contributed by atoms with Crippen molar-refractivity contribution in [1.29, 1.82) is 0 Å². The molecular weight excluding hydrogens is 300 g/mol. The molecule has 3 aliphatic rings. The highest BCUT2D eigenvalue weighted by Gasteiger charge is 2.53. The Bertz CT molecular complexity index is 502. The third-order valence-electron chi connectivity index (χ3n) is 5.80. The van der Waals surface area contributed by atoms with E-state index in [0.717, 1.165) is 28.3 Å². The van der Waals surface area contributed by atoms with Gasteiger partial charge in [0.15, 0.2) is 0 Å². The number of hydrogen-bond donors (Lipinski definition) is 1. The van der Waals surface area contributed by atoms with Gasteiger partial charge in [-0.05, 0) is 83.8 Å². The smallest absolute Gasteiger partial charge is 0.109 e. The number of hydrogen-bond acceptors (Lipinski definition) is 2. The first-order chi connectivity index (χ1) is 9.22. The number of nitrogens with one attached hydrogen (secondary N) is 1. The van der Waals surface area contributed by atoms with E-state index in [-0.39, 0.29) is 0 Å². The molecule has 0 radical (unpaired) electrons. The zero-order chi connectivity index (χ0) is 13.0. The first-order valence-electron chi connectivity index (χ1n) is 7.61. The normalized spacial score (nSPS) is 39.6. The lowest BCUT2D eigenvalue weighted by Crippen LogP contribution is -2.33. The van der Waals surface area contributed by atoms with Gasteiger partial charge in [0, 0.05) is 6.04 Å². The van der Waals surface area contributed by atoms with Crippen LogP contribution in [0.2, 0.25) is 0 Å². The van der Waals surface area contributed by atoms with E-state index in [1.165, 1.54) is 43.4 Å². The second-order valence-corrected chi connectivity index (χ2v) is 7.49. The van der Waals surface area contributed by atoms with Crippen molar-refractivity contribution < 1.29 is 0 Å². The Morgan fingerprint density at radius 1 is 1.21 bits per heavy atom. The van der Waals surface area contributed by atoms with Gasteiger partial charge in [0.1, 0.15) is 4.60 Å². The maximum absolute atomic E-state index is 4.40. The summed E-state index contributed by atoms with van der Waals surface area (Å²) in [4.78, 5) is 4.40. The number of aryl methyl sites for hydroxylation is 1. The molecule has 19 heavy (non-hydrogen) atoms. The van der Waals surface area contributed by atoms with Gasteiger partial charge < -0.3 is 5.32 Å². The van der Waals surface area contributed by atoms with E-state index < -0.39 is 0 Å². The Morgan fingerprint density at radius 2 is 2.05 bits per heavy atom. The molecular formula is C16H21BrN2. The Labute approximate surface area is 123 Å². The predicted octanol–water partition coefficient (Wildman–Crippen LogP) is 4.39. The Hall–Kier alpha value is -0.570. The summed E-state index contributed by atoms with van der Waals surface area (Å²) in [5.74, 6) is 4.05. The van der Waals surface area contributed by atoms with Gasteiger partial charge in [-0.1, -0.05) is 6.42 Å². The van der Waals surface area contributed by atoms with Crippen molar-refractivity contribution in [3.63, 3.8) is 0 Å². The lowest BCUT2D eigenvalue weighted by Gasteiger charge is -2.32. The van der Waals surface area contributed by atoms with Crippen molar-refractivity contribution in [1.82, 2.24) is 4.98 Å². The molecule has 1 N–H and O–H groups in total. The molecule has 1 heterocycles. The van der Waals surface area contributed by atoms with Crippen LogP contribution in [0.1, 0.15) is 37.7 Å². The lowest BCUT2D eigenvalue weighted by atomic mass is 9.79. The fourth-order valence-corrected chi connectivity index (χ4v) is 5.30. The second kappa shape index (κ2) is 4.47. The van der Waals surface area contributed by atoms with Crippen molar-refractivity contribution >= 4 is 21.6 Å². The first-order valence-corrected chi connectivity index (χ1v) is 8.40. The van der Waals surface area contributed by atoms with E-state index in [1.54, 1.807) is 0 Å². The highest BCUT2D eigenvalue weighted by molar-refractivity contribution is 9.10. The number of fused-ring (bicyclic) bond motifs is 5. The monoisotopic (exact) mass is 320 g/mol. The summed E-state index contributed by atoms with van der Waals surface area (Å²) >= 11 is 3.47. The quantitative estimate of drug-likeness (QED) is 0.817. The molecule has 0 aromatic carbocycles. The molecule has 0 spiro atoms. The minimum absolute atomic E-state index is 0.701. The minimum Gasteiger partial charge on any atom is -0.381 e. The van der Waals surface area contributed by atoms with Crippen LogP contribution in [0.4, 0.5) is 5.69 Å².